The van der Waals surface area contributed by atoms with E-state index in [4.69, 9.17) is 9.52 Å². The molecule has 1 heterocycles. The second-order valence-corrected chi connectivity index (χ2v) is 6.39. The molecule has 0 amide bonds. The Morgan fingerprint density at radius 2 is 1.79 bits per heavy atom. The molecule has 0 radical (unpaired) electrons. The van der Waals surface area contributed by atoms with Gasteiger partial charge in [0.1, 0.15) is 23.0 Å². The van der Waals surface area contributed by atoms with Crippen molar-refractivity contribution in [1.29, 1.82) is 0 Å². The summed E-state index contributed by atoms with van der Waals surface area (Å²) in [7, 11) is -3.63. The van der Waals surface area contributed by atoms with Crippen LogP contribution in [-0.4, -0.2) is 19.1 Å². The van der Waals surface area contributed by atoms with E-state index in [0.29, 0.717) is 5.76 Å². The van der Waals surface area contributed by atoms with Crippen molar-refractivity contribution in [3.05, 3.63) is 17.6 Å². The van der Waals surface area contributed by atoms with Gasteiger partial charge in [-0.3, -0.25) is 0 Å². The summed E-state index contributed by atoms with van der Waals surface area (Å²) in [6.45, 7) is 7.18. The lowest BCUT2D eigenvalue weighted by Crippen LogP contribution is -2.47. The quantitative estimate of drug-likeness (QED) is 0.807. The number of aryl methyl sites for hydroxylation is 1. The van der Waals surface area contributed by atoms with Crippen molar-refractivity contribution >= 4 is 10.0 Å². The van der Waals surface area contributed by atoms with Gasteiger partial charge >= 0.3 is 0 Å². The first-order valence-electron chi connectivity index (χ1n) is 6.58. The average molecular weight is 289 g/mol. The van der Waals surface area contributed by atoms with Gasteiger partial charge < -0.3 is 9.52 Å². The molecule has 1 aromatic heterocycles. The van der Waals surface area contributed by atoms with E-state index in [1.165, 1.54) is 6.07 Å². The first kappa shape index (κ1) is 16.2. The second kappa shape index (κ2) is 6.07. The third-order valence-corrected chi connectivity index (χ3v) is 5.44. The van der Waals surface area contributed by atoms with Crippen LogP contribution in [0.1, 0.15) is 51.6 Å². The number of rotatable bonds is 7. The number of nitrogens with one attached hydrogen (secondary N) is 1. The number of aliphatic hydroxyl groups excluding tert-OH is 1. The maximum absolute atomic E-state index is 12.4. The molecule has 6 heteroatoms. The van der Waals surface area contributed by atoms with E-state index in [-0.39, 0.29) is 17.3 Å². The van der Waals surface area contributed by atoms with Crippen molar-refractivity contribution in [2.75, 3.05) is 0 Å². The molecule has 1 aromatic rings. The Kier molecular flexibility index (Phi) is 5.18. The number of hydrogen-bond acceptors (Lipinski definition) is 4. The fraction of sp³-hybridized carbons (Fsp3) is 0.692. The van der Waals surface area contributed by atoms with Crippen LogP contribution in [0.15, 0.2) is 15.4 Å². The molecule has 0 spiro atoms. The van der Waals surface area contributed by atoms with Gasteiger partial charge in [0.05, 0.1) is 0 Å². The van der Waals surface area contributed by atoms with Crippen LogP contribution in [0.2, 0.25) is 0 Å². The normalized spacial score (nSPS) is 12.9. The van der Waals surface area contributed by atoms with Crippen LogP contribution in [0.5, 0.6) is 0 Å². The molecule has 0 saturated heterocycles. The maximum atomic E-state index is 12.4. The molecule has 0 fully saturated rings. The minimum absolute atomic E-state index is 0.108. The number of furan rings is 1. The van der Waals surface area contributed by atoms with Crippen molar-refractivity contribution in [1.82, 2.24) is 4.72 Å². The van der Waals surface area contributed by atoms with Gasteiger partial charge in [-0.15, -0.1) is 0 Å². The zero-order valence-electron chi connectivity index (χ0n) is 12.0. The van der Waals surface area contributed by atoms with Gasteiger partial charge in [0.15, 0.2) is 0 Å². The predicted molar refractivity (Wildman–Crippen MR) is 73.3 cm³/mol. The van der Waals surface area contributed by atoms with Crippen molar-refractivity contribution in [2.45, 2.75) is 64.0 Å². The minimum Gasteiger partial charge on any atom is -0.462 e. The molecule has 19 heavy (non-hydrogen) atoms. The summed E-state index contributed by atoms with van der Waals surface area (Å²) in [5.74, 6) is 0.557. The van der Waals surface area contributed by atoms with Crippen molar-refractivity contribution in [3.63, 3.8) is 0 Å². The smallest absolute Gasteiger partial charge is 0.244 e. The molecule has 0 aliphatic rings. The fourth-order valence-corrected chi connectivity index (χ4v) is 4.00. The summed E-state index contributed by atoms with van der Waals surface area (Å²) in [5, 5.41) is 9.00. The first-order chi connectivity index (χ1) is 8.84. The molecule has 0 unspecified atom stereocenters. The number of aliphatic hydroxyl groups is 1. The molecule has 0 aromatic carbocycles. The summed E-state index contributed by atoms with van der Waals surface area (Å²) in [4.78, 5) is 0.108. The lowest BCUT2D eigenvalue weighted by atomic mass is 9.91. The fourth-order valence-electron chi connectivity index (χ4n) is 2.18. The van der Waals surface area contributed by atoms with Crippen LogP contribution < -0.4 is 4.72 Å². The summed E-state index contributed by atoms with van der Waals surface area (Å²) in [6.07, 6.45) is 2.18. The molecule has 0 bridgehead atoms. The zero-order chi connectivity index (χ0) is 14.7. The van der Waals surface area contributed by atoms with E-state index in [0.717, 1.165) is 19.3 Å². The summed E-state index contributed by atoms with van der Waals surface area (Å²) >= 11 is 0. The third kappa shape index (κ3) is 3.38. The van der Waals surface area contributed by atoms with Crippen LogP contribution in [0, 0.1) is 6.92 Å². The van der Waals surface area contributed by atoms with Crippen LogP contribution in [0.25, 0.3) is 0 Å². The van der Waals surface area contributed by atoms with Gasteiger partial charge in [-0.25, -0.2) is 13.1 Å². The predicted octanol–water partition coefficient (Wildman–Crippen LogP) is 2.33. The summed E-state index contributed by atoms with van der Waals surface area (Å²) in [5.41, 5.74) is -0.429. The van der Waals surface area contributed by atoms with Gasteiger partial charge in [0.25, 0.3) is 0 Å². The Bertz CT molecular complexity index is 506. The highest BCUT2D eigenvalue weighted by atomic mass is 32.2. The molecule has 0 saturated carbocycles. The number of hydrogen-bond donors (Lipinski definition) is 2. The monoisotopic (exact) mass is 289 g/mol. The highest BCUT2D eigenvalue weighted by Crippen LogP contribution is 2.26. The SMILES string of the molecule is CCC(CC)(CC)NS(=O)(=O)c1cc(CO)oc1C. The molecule has 2 N–H and O–H groups in total. The molecule has 5 nitrogen and oxygen atoms in total. The Labute approximate surface area is 115 Å². The molecule has 0 atom stereocenters. The van der Waals surface area contributed by atoms with E-state index in [1.807, 2.05) is 20.8 Å². The van der Waals surface area contributed by atoms with Crippen LogP contribution in [0.3, 0.4) is 0 Å². The van der Waals surface area contributed by atoms with Gasteiger partial charge in [0.2, 0.25) is 10.0 Å². The Morgan fingerprint density at radius 3 is 2.16 bits per heavy atom. The first-order valence-corrected chi connectivity index (χ1v) is 8.06. The standard InChI is InChI=1S/C13H23NO4S/c1-5-13(6-2,7-3)14-19(16,17)12-8-11(9-15)18-10(12)4/h8,14-15H,5-7,9H2,1-4H3. The van der Waals surface area contributed by atoms with Crippen molar-refractivity contribution in [2.24, 2.45) is 0 Å². The lowest BCUT2D eigenvalue weighted by Gasteiger charge is -2.31. The summed E-state index contributed by atoms with van der Waals surface area (Å²) < 4.78 is 32.8. The van der Waals surface area contributed by atoms with Gasteiger partial charge in [-0.05, 0) is 26.2 Å². The highest BCUT2D eigenvalue weighted by molar-refractivity contribution is 7.89. The Morgan fingerprint density at radius 1 is 1.26 bits per heavy atom. The molecular formula is C13H23NO4S. The minimum atomic E-state index is -3.63. The largest absolute Gasteiger partial charge is 0.462 e. The second-order valence-electron chi connectivity index (χ2n) is 4.74. The van der Waals surface area contributed by atoms with Crippen molar-refractivity contribution < 1.29 is 17.9 Å². The van der Waals surface area contributed by atoms with E-state index >= 15 is 0 Å². The van der Waals surface area contributed by atoms with Crippen molar-refractivity contribution in [3.8, 4) is 0 Å². The van der Waals surface area contributed by atoms with Crippen LogP contribution in [-0.2, 0) is 16.6 Å². The molecule has 0 aliphatic heterocycles. The van der Waals surface area contributed by atoms with E-state index in [2.05, 4.69) is 4.72 Å². The molecule has 1 rings (SSSR count). The van der Waals surface area contributed by atoms with Crippen LogP contribution >= 0.6 is 0 Å². The highest BCUT2D eigenvalue weighted by Gasteiger charge is 2.32. The molecule has 0 aliphatic carbocycles. The number of sulfonamides is 1. The van der Waals surface area contributed by atoms with E-state index < -0.39 is 15.6 Å². The molecular weight excluding hydrogens is 266 g/mol. The van der Waals surface area contributed by atoms with Gasteiger partial charge in [0, 0.05) is 11.6 Å². The van der Waals surface area contributed by atoms with Gasteiger partial charge in [-0.1, -0.05) is 20.8 Å². The van der Waals surface area contributed by atoms with E-state index in [9.17, 15) is 8.42 Å². The average Bonchev–Trinajstić information content (AvgIpc) is 2.78. The van der Waals surface area contributed by atoms with E-state index in [1.54, 1.807) is 6.92 Å². The molecule has 110 valence electrons. The third-order valence-electron chi connectivity index (χ3n) is 3.75. The van der Waals surface area contributed by atoms with Crippen LogP contribution in [0.4, 0.5) is 0 Å². The zero-order valence-corrected chi connectivity index (χ0v) is 12.8. The Balaban J connectivity index is 3.13. The lowest BCUT2D eigenvalue weighted by molar-refractivity contribution is 0.244. The van der Waals surface area contributed by atoms with Gasteiger partial charge in [-0.2, -0.15) is 0 Å². The maximum Gasteiger partial charge on any atom is 0.244 e. The Hall–Kier alpha value is -0.850. The summed E-state index contributed by atoms with van der Waals surface area (Å²) in [6, 6.07) is 1.38. The topological polar surface area (TPSA) is 79.5 Å².